The molecule has 80 valence electrons. The summed E-state index contributed by atoms with van der Waals surface area (Å²) in [5.41, 5.74) is 5.70. The van der Waals surface area contributed by atoms with Crippen LogP contribution in [0.2, 0.25) is 0 Å². The van der Waals surface area contributed by atoms with Crippen molar-refractivity contribution < 1.29 is 9.13 Å². The summed E-state index contributed by atoms with van der Waals surface area (Å²) in [5.74, 6) is 5.43. The molecule has 0 aromatic heterocycles. The molecule has 2 nitrogen and oxygen atoms in total. The average molecular weight is 207 g/mol. The third-order valence-corrected chi connectivity index (χ3v) is 1.68. The van der Waals surface area contributed by atoms with Gasteiger partial charge in [0, 0.05) is 5.56 Å². The van der Waals surface area contributed by atoms with Crippen LogP contribution >= 0.6 is 0 Å². The summed E-state index contributed by atoms with van der Waals surface area (Å²) in [7, 11) is 1.42. The summed E-state index contributed by atoms with van der Waals surface area (Å²) >= 11 is 0. The van der Waals surface area contributed by atoms with E-state index in [2.05, 4.69) is 11.8 Å². The maximum Gasteiger partial charge on any atom is 0.166 e. The van der Waals surface area contributed by atoms with Gasteiger partial charge < -0.3 is 10.5 Å². The first-order valence-corrected chi connectivity index (χ1v) is 4.58. The summed E-state index contributed by atoms with van der Waals surface area (Å²) in [6.45, 7) is 3.58. The van der Waals surface area contributed by atoms with Crippen LogP contribution in [-0.4, -0.2) is 12.6 Å². The molecule has 1 rings (SSSR count). The topological polar surface area (TPSA) is 35.2 Å². The lowest BCUT2D eigenvalue weighted by Gasteiger charge is -2.07. The maximum atomic E-state index is 13.2. The second-order valence-corrected chi connectivity index (χ2v) is 3.82. The van der Waals surface area contributed by atoms with Crippen LogP contribution in [0.5, 0.6) is 5.75 Å². The Labute approximate surface area is 89.2 Å². The van der Waals surface area contributed by atoms with Gasteiger partial charge in [-0.15, -0.1) is 0 Å². The third kappa shape index (κ3) is 3.61. The fourth-order valence-corrected chi connectivity index (χ4v) is 0.977. The van der Waals surface area contributed by atoms with Crippen LogP contribution in [-0.2, 0) is 0 Å². The molecule has 0 atom stereocenters. The standard InChI is InChI=1S/C12H14FNO/c1-12(2,14)7-6-9-4-5-11(15-3)10(13)8-9/h4-5,8H,14H2,1-3H3. The van der Waals surface area contributed by atoms with Gasteiger partial charge >= 0.3 is 0 Å². The van der Waals surface area contributed by atoms with Gasteiger partial charge in [0.1, 0.15) is 0 Å². The molecule has 3 heteroatoms. The second-order valence-electron chi connectivity index (χ2n) is 3.82. The largest absolute Gasteiger partial charge is 0.494 e. The van der Waals surface area contributed by atoms with Crippen LogP contribution in [0.15, 0.2) is 18.2 Å². The number of nitrogens with two attached hydrogens (primary N) is 1. The van der Waals surface area contributed by atoms with E-state index in [1.54, 1.807) is 26.0 Å². The molecule has 0 radical (unpaired) electrons. The summed E-state index contributed by atoms with van der Waals surface area (Å²) < 4.78 is 18.0. The number of ether oxygens (including phenoxy) is 1. The van der Waals surface area contributed by atoms with Crippen LogP contribution in [0, 0.1) is 17.7 Å². The molecule has 0 aliphatic heterocycles. The van der Waals surface area contributed by atoms with Crippen LogP contribution < -0.4 is 10.5 Å². The van der Waals surface area contributed by atoms with Crippen LogP contribution in [0.25, 0.3) is 0 Å². The Morgan fingerprint density at radius 1 is 1.40 bits per heavy atom. The molecule has 0 aliphatic carbocycles. The highest BCUT2D eigenvalue weighted by Gasteiger charge is 2.05. The number of rotatable bonds is 1. The molecule has 0 bridgehead atoms. The normalized spacial score (nSPS) is 10.5. The molecule has 0 saturated carbocycles. The lowest BCUT2D eigenvalue weighted by molar-refractivity contribution is 0.386. The lowest BCUT2D eigenvalue weighted by atomic mass is 10.1. The van der Waals surface area contributed by atoms with Crippen LogP contribution in [0.4, 0.5) is 4.39 Å². The zero-order chi connectivity index (χ0) is 11.5. The minimum absolute atomic E-state index is 0.215. The van der Waals surface area contributed by atoms with E-state index in [0.29, 0.717) is 5.56 Å². The summed E-state index contributed by atoms with van der Waals surface area (Å²) in [4.78, 5) is 0. The van der Waals surface area contributed by atoms with Gasteiger partial charge in [-0.25, -0.2) is 4.39 Å². The molecule has 0 saturated heterocycles. The summed E-state index contributed by atoms with van der Waals surface area (Å²) in [5, 5.41) is 0. The first-order chi connectivity index (χ1) is 6.92. The molecule has 15 heavy (non-hydrogen) atoms. The predicted molar refractivity (Wildman–Crippen MR) is 58.1 cm³/mol. The molecule has 0 fully saturated rings. The fourth-order valence-electron chi connectivity index (χ4n) is 0.977. The Morgan fingerprint density at radius 2 is 2.07 bits per heavy atom. The average Bonchev–Trinajstić information content (AvgIpc) is 2.14. The van der Waals surface area contributed by atoms with Crippen molar-refractivity contribution >= 4 is 0 Å². The van der Waals surface area contributed by atoms with Crippen molar-refractivity contribution in [3.05, 3.63) is 29.6 Å². The zero-order valence-electron chi connectivity index (χ0n) is 9.10. The van der Waals surface area contributed by atoms with E-state index in [1.807, 2.05) is 0 Å². The van der Waals surface area contributed by atoms with Crippen LogP contribution in [0.3, 0.4) is 0 Å². The molecular weight excluding hydrogens is 193 g/mol. The van der Waals surface area contributed by atoms with Crippen LogP contribution in [0.1, 0.15) is 19.4 Å². The van der Waals surface area contributed by atoms with E-state index in [1.165, 1.54) is 13.2 Å². The first-order valence-electron chi connectivity index (χ1n) is 4.58. The quantitative estimate of drug-likeness (QED) is 0.714. The molecule has 0 amide bonds. The van der Waals surface area contributed by atoms with Gasteiger partial charge in [-0.3, -0.25) is 0 Å². The highest BCUT2D eigenvalue weighted by atomic mass is 19.1. The second kappa shape index (κ2) is 4.33. The van der Waals surface area contributed by atoms with Crippen molar-refractivity contribution in [1.29, 1.82) is 0 Å². The smallest absolute Gasteiger partial charge is 0.166 e. The molecule has 0 spiro atoms. The Balaban J connectivity index is 2.97. The Kier molecular flexibility index (Phi) is 3.33. The molecule has 1 aromatic rings. The Morgan fingerprint density at radius 3 is 2.53 bits per heavy atom. The van der Waals surface area contributed by atoms with Gasteiger partial charge in [0.15, 0.2) is 11.6 Å². The van der Waals surface area contributed by atoms with Crippen molar-refractivity contribution in [2.75, 3.05) is 7.11 Å². The van der Waals surface area contributed by atoms with E-state index in [4.69, 9.17) is 10.5 Å². The Hall–Kier alpha value is -1.53. The molecule has 0 unspecified atom stereocenters. The number of methoxy groups -OCH3 is 1. The third-order valence-electron chi connectivity index (χ3n) is 1.68. The monoisotopic (exact) mass is 207 g/mol. The number of halogens is 1. The van der Waals surface area contributed by atoms with E-state index in [0.717, 1.165) is 0 Å². The number of benzene rings is 1. The fraction of sp³-hybridized carbons (Fsp3) is 0.333. The van der Waals surface area contributed by atoms with E-state index in [-0.39, 0.29) is 5.75 Å². The predicted octanol–water partition coefficient (Wildman–Crippen LogP) is 1.92. The molecular formula is C12H14FNO. The van der Waals surface area contributed by atoms with Gasteiger partial charge in [0.25, 0.3) is 0 Å². The molecule has 0 aliphatic rings. The van der Waals surface area contributed by atoms with E-state index >= 15 is 0 Å². The highest BCUT2D eigenvalue weighted by molar-refractivity contribution is 5.40. The summed E-state index contributed by atoms with van der Waals surface area (Å²) in [6, 6.07) is 4.57. The van der Waals surface area contributed by atoms with E-state index in [9.17, 15) is 4.39 Å². The highest BCUT2D eigenvalue weighted by Crippen LogP contribution is 2.17. The van der Waals surface area contributed by atoms with Gasteiger partial charge in [-0.05, 0) is 32.0 Å². The Bertz CT molecular complexity index is 410. The molecule has 2 N–H and O–H groups in total. The maximum absolute atomic E-state index is 13.2. The minimum atomic E-state index is -0.573. The van der Waals surface area contributed by atoms with Crippen molar-refractivity contribution in [1.82, 2.24) is 0 Å². The van der Waals surface area contributed by atoms with Gasteiger partial charge in [0.05, 0.1) is 12.6 Å². The van der Waals surface area contributed by atoms with Gasteiger partial charge in [-0.1, -0.05) is 11.8 Å². The lowest BCUT2D eigenvalue weighted by Crippen LogP contribution is -2.29. The minimum Gasteiger partial charge on any atom is -0.494 e. The van der Waals surface area contributed by atoms with Crippen molar-refractivity contribution in [2.45, 2.75) is 19.4 Å². The van der Waals surface area contributed by atoms with Gasteiger partial charge in [0.2, 0.25) is 0 Å². The number of hydrogen-bond donors (Lipinski definition) is 1. The van der Waals surface area contributed by atoms with Crippen molar-refractivity contribution in [3.8, 4) is 17.6 Å². The SMILES string of the molecule is COc1ccc(C#CC(C)(C)N)cc1F. The van der Waals surface area contributed by atoms with Crippen molar-refractivity contribution in [3.63, 3.8) is 0 Å². The number of hydrogen-bond acceptors (Lipinski definition) is 2. The van der Waals surface area contributed by atoms with Gasteiger partial charge in [-0.2, -0.15) is 0 Å². The molecule has 0 heterocycles. The first kappa shape index (κ1) is 11.5. The van der Waals surface area contributed by atoms with Crippen molar-refractivity contribution in [2.24, 2.45) is 5.73 Å². The zero-order valence-corrected chi connectivity index (χ0v) is 9.10. The summed E-state index contributed by atoms with van der Waals surface area (Å²) in [6.07, 6.45) is 0. The molecule has 1 aromatic carbocycles. The van der Waals surface area contributed by atoms with E-state index < -0.39 is 11.4 Å².